The summed E-state index contributed by atoms with van der Waals surface area (Å²) in [6.45, 7) is 4.43. The number of quaternary nitrogens is 1. The van der Waals surface area contributed by atoms with Gasteiger partial charge in [-0.2, -0.15) is 0 Å². The van der Waals surface area contributed by atoms with E-state index < -0.39 is 0 Å². The number of aliphatic hydroxyl groups is 1. The number of thiazole rings is 1. The molecule has 0 bridgehead atoms. The quantitative estimate of drug-likeness (QED) is 0.760. The number of rotatable bonds is 5. The van der Waals surface area contributed by atoms with Gasteiger partial charge in [0, 0.05) is 0 Å². The summed E-state index contributed by atoms with van der Waals surface area (Å²) >= 11 is 3.17. The molecule has 0 saturated carbocycles. The van der Waals surface area contributed by atoms with Crippen LogP contribution in [0.5, 0.6) is 0 Å². The summed E-state index contributed by atoms with van der Waals surface area (Å²) in [5.74, 6) is 0.641. The van der Waals surface area contributed by atoms with E-state index in [2.05, 4.69) is 11.1 Å². The summed E-state index contributed by atoms with van der Waals surface area (Å²) in [4.78, 5) is 20.1. The van der Waals surface area contributed by atoms with Crippen LogP contribution in [-0.4, -0.2) is 66.0 Å². The number of fused-ring (bicyclic) bond motifs is 1. The van der Waals surface area contributed by atoms with E-state index in [9.17, 15) is 4.79 Å². The summed E-state index contributed by atoms with van der Waals surface area (Å²) in [6.07, 6.45) is 0. The van der Waals surface area contributed by atoms with Crippen LogP contribution in [0.25, 0.3) is 10.2 Å². The van der Waals surface area contributed by atoms with Gasteiger partial charge >= 0.3 is 0 Å². The first-order valence-corrected chi connectivity index (χ1v) is 9.27. The van der Waals surface area contributed by atoms with Gasteiger partial charge in [-0.1, -0.05) is 23.9 Å². The molecule has 1 fully saturated rings. The molecule has 0 unspecified atom stereocenters. The van der Waals surface area contributed by atoms with Gasteiger partial charge in [-0.3, -0.25) is 4.79 Å². The zero-order valence-electron chi connectivity index (χ0n) is 12.3. The largest absolute Gasteiger partial charge is 0.391 e. The van der Waals surface area contributed by atoms with Crippen LogP contribution in [0.15, 0.2) is 28.6 Å². The number of thioether (sulfide) groups is 1. The van der Waals surface area contributed by atoms with Crippen LogP contribution in [0.1, 0.15) is 0 Å². The third-order valence-electron chi connectivity index (χ3n) is 3.88. The van der Waals surface area contributed by atoms with Crippen molar-refractivity contribution in [2.24, 2.45) is 0 Å². The SMILES string of the molecule is O=C(CSc1nc2ccccc2s1)N1CC[NH+](CCO)CC1. The third-order valence-corrected chi connectivity index (χ3v) is 6.05. The molecule has 7 heteroatoms. The monoisotopic (exact) mass is 338 g/mol. The maximum Gasteiger partial charge on any atom is 0.233 e. The number of aromatic nitrogens is 1. The van der Waals surface area contributed by atoms with E-state index >= 15 is 0 Å². The van der Waals surface area contributed by atoms with Crippen molar-refractivity contribution in [1.82, 2.24) is 9.88 Å². The fourth-order valence-corrected chi connectivity index (χ4v) is 4.58. The fraction of sp³-hybridized carbons (Fsp3) is 0.467. The lowest BCUT2D eigenvalue weighted by atomic mass is 10.3. The lowest BCUT2D eigenvalue weighted by Gasteiger charge is -2.31. The molecule has 2 heterocycles. The Bertz CT molecular complexity index is 606. The molecule has 118 valence electrons. The average molecular weight is 338 g/mol. The molecular formula is C15H20N3O2S2+. The molecule has 1 aromatic carbocycles. The molecular weight excluding hydrogens is 318 g/mol. The number of amides is 1. The second kappa shape index (κ2) is 7.41. The van der Waals surface area contributed by atoms with Gasteiger partial charge in [-0.15, -0.1) is 11.3 Å². The lowest BCUT2D eigenvalue weighted by Crippen LogP contribution is -3.15. The van der Waals surface area contributed by atoms with Crippen molar-refractivity contribution in [3.8, 4) is 0 Å². The van der Waals surface area contributed by atoms with Gasteiger partial charge in [0.2, 0.25) is 5.91 Å². The predicted octanol–water partition coefficient (Wildman–Crippen LogP) is 0.108. The van der Waals surface area contributed by atoms with Crippen LogP contribution in [0, 0.1) is 0 Å². The standard InChI is InChI=1S/C15H19N3O2S2/c19-10-9-17-5-7-18(8-6-17)14(20)11-21-15-16-12-3-1-2-4-13(12)22-15/h1-4,19H,5-11H2/p+1. The second-order valence-electron chi connectivity index (χ2n) is 5.34. The van der Waals surface area contributed by atoms with E-state index in [-0.39, 0.29) is 12.5 Å². The van der Waals surface area contributed by atoms with E-state index in [4.69, 9.17) is 5.11 Å². The lowest BCUT2D eigenvalue weighted by molar-refractivity contribution is -0.904. The molecule has 22 heavy (non-hydrogen) atoms. The smallest absolute Gasteiger partial charge is 0.233 e. The number of nitrogens with one attached hydrogen (secondary N) is 1. The number of hydrogen-bond donors (Lipinski definition) is 2. The highest BCUT2D eigenvalue weighted by atomic mass is 32.2. The van der Waals surface area contributed by atoms with Crippen LogP contribution in [0.3, 0.4) is 0 Å². The normalized spacial score (nSPS) is 16.3. The van der Waals surface area contributed by atoms with Crippen molar-refractivity contribution >= 4 is 39.2 Å². The molecule has 1 aliphatic heterocycles. The summed E-state index contributed by atoms with van der Waals surface area (Å²) in [5.41, 5.74) is 1.00. The van der Waals surface area contributed by atoms with Crippen molar-refractivity contribution in [2.75, 3.05) is 45.1 Å². The molecule has 1 amide bonds. The van der Waals surface area contributed by atoms with Crippen molar-refractivity contribution in [3.63, 3.8) is 0 Å². The molecule has 1 aliphatic rings. The second-order valence-corrected chi connectivity index (χ2v) is 7.59. The first-order valence-electron chi connectivity index (χ1n) is 7.47. The van der Waals surface area contributed by atoms with Crippen molar-refractivity contribution in [2.45, 2.75) is 4.34 Å². The number of aliphatic hydroxyl groups excluding tert-OH is 1. The van der Waals surface area contributed by atoms with Gasteiger partial charge in [0.25, 0.3) is 0 Å². The molecule has 2 aromatic rings. The van der Waals surface area contributed by atoms with Gasteiger partial charge < -0.3 is 14.9 Å². The first kappa shape index (κ1) is 15.7. The topological polar surface area (TPSA) is 57.9 Å². The number of para-hydroxylation sites is 1. The summed E-state index contributed by atoms with van der Waals surface area (Å²) in [5, 5.41) is 8.95. The van der Waals surface area contributed by atoms with Crippen molar-refractivity contribution in [3.05, 3.63) is 24.3 Å². The zero-order valence-corrected chi connectivity index (χ0v) is 14.0. The molecule has 0 atom stereocenters. The van der Waals surface area contributed by atoms with E-state index in [0.717, 1.165) is 42.6 Å². The van der Waals surface area contributed by atoms with Crippen LogP contribution in [0.4, 0.5) is 0 Å². The van der Waals surface area contributed by atoms with Crippen LogP contribution in [-0.2, 0) is 4.79 Å². The Kier molecular flexibility index (Phi) is 5.30. The predicted molar refractivity (Wildman–Crippen MR) is 89.6 cm³/mol. The first-order chi connectivity index (χ1) is 10.8. The van der Waals surface area contributed by atoms with Crippen LogP contribution in [0.2, 0.25) is 0 Å². The molecule has 5 nitrogen and oxygen atoms in total. The average Bonchev–Trinajstić information content (AvgIpc) is 2.96. The zero-order chi connectivity index (χ0) is 15.4. The Hall–Kier alpha value is -1.15. The maximum absolute atomic E-state index is 12.3. The highest BCUT2D eigenvalue weighted by Gasteiger charge is 2.23. The van der Waals surface area contributed by atoms with Gasteiger partial charge in [0.1, 0.15) is 6.54 Å². The fourth-order valence-electron chi connectivity index (χ4n) is 2.61. The number of benzene rings is 1. The third kappa shape index (κ3) is 3.78. The minimum atomic E-state index is 0.187. The van der Waals surface area contributed by atoms with Crippen molar-refractivity contribution < 1.29 is 14.8 Å². The van der Waals surface area contributed by atoms with Gasteiger partial charge in [-0.05, 0) is 12.1 Å². The Morgan fingerprint density at radius 3 is 2.86 bits per heavy atom. The molecule has 0 spiro atoms. The number of nitrogens with zero attached hydrogens (tertiary/aromatic N) is 2. The molecule has 1 aromatic heterocycles. The van der Waals surface area contributed by atoms with E-state index in [1.807, 2.05) is 23.1 Å². The number of carbonyl (C=O) groups excluding carboxylic acids is 1. The van der Waals surface area contributed by atoms with Gasteiger partial charge in [0.05, 0.1) is 48.8 Å². The van der Waals surface area contributed by atoms with Crippen molar-refractivity contribution in [1.29, 1.82) is 0 Å². The van der Waals surface area contributed by atoms with E-state index in [0.29, 0.717) is 5.75 Å². The van der Waals surface area contributed by atoms with E-state index in [1.165, 1.54) is 21.4 Å². The Morgan fingerprint density at radius 1 is 1.36 bits per heavy atom. The Morgan fingerprint density at radius 2 is 2.14 bits per heavy atom. The summed E-state index contributed by atoms with van der Waals surface area (Å²) in [7, 11) is 0. The van der Waals surface area contributed by atoms with E-state index in [1.54, 1.807) is 11.3 Å². The molecule has 3 rings (SSSR count). The summed E-state index contributed by atoms with van der Waals surface area (Å²) < 4.78 is 2.12. The van der Waals surface area contributed by atoms with Gasteiger partial charge in [-0.25, -0.2) is 4.98 Å². The Balaban J connectivity index is 1.50. The number of piperazine rings is 1. The summed E-state index contributed by atoms with van der Waals surface area (Å²) in [6, 6.07) is 8.05. The Labute approximate surface area is 137 Å². The molecule has 2 N–H and O–H groups in total. The maximum atomic E-state index is 12.3. The van der Waals surface area contributed by atoms with Crippen LogP contribution >= 0.6 is 23.1 Å². The minimum Gasteiger partial charge on any atom is -0.391 e. The highest BCUT2D eigenvalue weighted by Crippen LogP contribution is 2.29. The highest BCUT2D eigenvalue weighted by molar-refractivity contribution is 8.01. The molecule has 0 radical (unpaired) electrons. The van der Waals surface area contributed by atoms with Crippen LogP contribution < -0.4 is 4.90 Å². The number of carbonyl (C=O) groups is 1. The minimum absolute atomic E-state index is 0.187. The van der Waals surface area contributed by atoms with Gasteiger partial charge in [0.15, 0.2) is 4.34 Å². The molecule has 0 aliphatic carbocycles. The molecule has 1 saturated heterocycles. The number of hydrogen-bond acceptors (Lipinski definition) is 5.